The Hall–Kier alpha value is -1.69. The second-order valence-electron chi connectivity index (χ2n) is 3.54. The lowest BCUT2D eigenvalue weighted by atomic mass is 10.2. The van der Waals surface area contributed by atoms with Gasteiger partial charge in [-0.2, -0.15) is 0 Å². The van der Waals surface area contributed by atoms with Crippen molar-refractivity contribution >= 4 is 5.91 Å². The third kappa shape index (κ3) is 2.66. The van der Waals surface area contributed by atoms with Crippen LogP contribution in [0.4, 0.5) is 0 Å². The Morgan fingerprint density at radius 2 is 2.31 bits per heavy atom. The first-order chi connectivity index (χ1) is 7.74. The number of amides is 1. The molecule has 0 bridgehead atoms. The highest BCUT2D eigenvalue weighted by Gasteiger charge is 2.18. The molecule has 3 nitrogen and oxygen atoms in total. The van der Waals surface area contributed by atoms with Gasteiger partial charge in [-0.25, -0.2) is 0 Å². The Bertz CT molecular complexity index is 387. The molecule has 0 aliphatic heterocycles. The third-order valence-electron chi connectivity index (χ3n) is 2.36. The van der Waals surface area contributed by atoms with Gasteiger partial charge >= 0.3 is 0 Å². The Labute approximate surface area is 96.4 Å². The van der Waals surface area contributed by atoms with Crippen LogP contribution in [0.3, 0.4) is 0 Å². The van der Waals surface area contributed by atoms with Crippen LogP contribution in [0.1, 0.15) is 36.4 Å². The number of nitrogens with zero attached hydrogens (tertiary/aromatic N) is 1. The summed E-state index contributed by atoms with van der Waals surface area (Å²) in [5.74, 6) is 3.20. The summed E-state index contributed by atoms with van der Waals surface area (Å²) in [4.78, 5) is 13.8. The molecule has 0 saturated heterocycles. The molecule has 0 spiro atoms. The number of hydrogen-bond donors (Lipinski definition) is 0. The summed E-state index contributed by atoms with van der Waals surface area (Å²) in [7, 11) is 0. The van der Waals surface area contributed by atoms with Crippen molar-refractivity contribution in [1.29, 1.82) is 0 Å². The van der Waals surface area contributed by atoms with Crippen molar-refractivity contribution in [2.75, 3.05) is 13.1 Å². The lowest BCUT2D eigenvalue weighted by molar-refractivity contribution is 0.0774. The average Bonchev–Trinajstić information content (AvgIpc) is 2.75. The van der Waals surface area contributed by atoms with E-state index in [1.54, 1.807) is 17.2 Å². The molecule has 0 saturated carbocycles. The highest BCUT2D eigenvalue weighted by atomic mass is 16.3. The molecule has 1 amide bonds. The molecule has 0 unspecified atom stereocenters. The zero-order valence-electron chi connectivity index (χ0n) is 9.82. The molecule has 3 heteroatoms. The lowest BCUT2D eigenvalue weighted by Crippen LogP contribution is -2.32. The molecular weight excluding hydrogens is 202 g/mol. The number of furan rings is 1. The average molecular weight is 219 g/mol. The fourth-order valence-corrected chi connectivity index (χ4v) is 1.61. The predicted octanol–water partition coefficient (Wildman–Crippen LogP) is 2.33. The highest BCUT2D eigenvalue weighted by Crippen LogP contribution is 2.14. The van der Waals surface area contributed by atoms with Gasteiger partial charge in [0.1, 0.15) is 5.76 Å². The van der Waals surface area contributed by atoms with E-state index in [-0.39, 0.29) is 5.91 Å². The normalized spacial score (nSPS) is 9.81. The lowest BCUT2D eigenvalue weighted by Gasteiger charge is -2.19. The molecular formula is C13H17NO2. The predicted molar refractivity (Wildman–Crippen MR) is 63.1 cm³/mol. The minimum absolute atomic E-state index is 0.0367. The van der Waals surface area contributed by atoms with E-state index in [0.29, 0.717) is 25.1 Å². The van der Waals surface area contributed by atoms with Crippen molar-refractivity contribution in [1.82, 2.24) is 4.90 Å². The molecule has 0 atom stereocenters. The van der Waals surface area contributed by atoms with Crippen LogP contribution in [0.2, 0.25) is 0 Å². The molecule has 1 heterocycles. The molecule has 1 aromatic heterocycles. The van der Waals surface area contributed by atoms with E-state index in [1.165, 1.54) is 0 Å². The van der Waals surface area contributed by atoms with Gasteiger partial charge in [-0.15, -0.1) is 6.42 Å². The maximum Gasteiger partial charge on any atom is 0.258 e. The minimum Gasteiger partial charge on any atom is -0.469 e. The van der Waals surface area contributed by atoms with Crippen molar-refractivity contribution < 1.29 is 9.21 Å². The van der Waals surface area contributed by atoms with Crippen molar-refractivity contribution in [3.05, 3.63) is 23.7 Å². The first-order valence-corrected chi connectivity index (χ1v) is 5.53. The van der Waals surface area contributed by atoms with Crippen LogP contribution in [0, 0.1) is 12.3 Å². The Kier molecular flexibility index (Phi) is 4.65. The van der Waals surface area contributed by atoms with Gasteiger partial charge in [-0.1, -0.05) is 19.8 Å². The number of carbonyl (C=O) groups is 1. The van der Waals surface area contributed by atoms with Crippen molar-refractivity contribution in [2.24, 2.45) is 0 Å². The molecule has 0 aromatic carbocycles. The fourth-order valence-electron chi connectivity index (χ4n) is 1.61. The van der Waals surface area contributed by atoms with E-state index in [0.717, 1.165) is 12.2 Å². The smallest absolute Gasteiger partial charge is 0.258 e. The van der Waals surface area contributed by atoms with Crippen LogP contribution in [0.15, 0.2) is 16.7 Å². The summed E-state index contributed by atoms with van der Waals surface area (Å²) < 4.78 is 5.24. The van der Waals surface area contributed by atoms with Crippen LogP contribution in [-0.2, 0) is 6.42 Å². The Balaban J connectivity index is 2.86. The van der Waals surface area contributed by atoms with Crippen LogP contribution in [0.25, 0.3) is 0 Å². The van der Waals surface area contributed by atoms with E-state index in [9.17, 15) is 4.79 Å². The quantitative estimate of drug-likeness (QED) is 0.712. The Morgan fingerprint density at radius 3 is 2.88 bits per heavy atom. The van der Waals surface area contributed by atoms with Crippen LogP contribution in [0.5, 0.6) is 0 Å². The number of hydrogen-bond acceptors (Lipinski definition) is 2. The van der Waals surface area contributed by atoms with E-state index in [1.807, 2.05) is 13.8 Å². The maximum atomic E-state index is 12.1. The summed E-state index contributed by atoms with van der Waals surface area (Å²) >= 11 is 0. The summed E-state index contributed by atoms with van der Waals surface area (Å²) in [6.45, 7) is 5.01. The van der Waals surface area contributed by atoms with Gasteiger partial charge in [0, 0.05) is 13.0 Å². The molecule has 16 heavy (non-hydrogen) atoms. The Morgan fingerprint density at radius 1 is 1.56 bits per heavy atom. The van der Waals surface area contributed by atoms with Gasteiger partial charge < -0.3 is 9.32 Å². The molecule has 0 aliphatic rings. The largest absolute Gasteiger partial charge is 0.469 e. The van der Waals surface area contributed by atoms with Crippen molar-refractivity contribution in [2.45, 2.75) is 26.7 Å². The van der Waals surface area contributed by atoms with E-state index in [4.69, 9.17) is 10.8 Å². The summed E-state index contributed by atoms with van der Waals surface area (Å²) in [6.07, 6.45) is 8.41. The van der Waals surface area contributed by atoms with Crippen LogP contribution in [-0.4, -0.2) is 23.9 Å². The highest BCUT2D eigenvalue weighted by molar-refractivity contribution is 5.95. The van der Waals surface area contributed by atoms with Gasteiger partial charge in [-0.3, -0.25) is 4.79 Å². The summed E-state index contributed by atoms with van der Waals surface area (Å²) in [5.41, 5.74) is 0.631. The van der Waals surface area contributed by atoms with Gasteiger partial charge in [0.2, 0.25) is 0 Å². The first kappa shape index (κ1) is 12.4. The maximum absolute atomic E-state index is 12.1. The molecule has 0 radical (unpaired) electrons. The van der Waals surface area contributed by atoms with E-state index >= 15 is 0 Å². The van der Waals surface area contributed by atoms with Gasteiger partial charge in [0.05, 0.1) is 18.4 Å². The number of aryl methyl sites for hydroxylation is 1. The van der Waals surface area contributed by atoms with E-state index < -0.39 is 0 Å². The molecule has 86 valence electrons. The molecule has 0 N–H and O–H groups in total. The number of rotatable bonds is 5. The molecule has 0 fully saturated rings. The zero-order chi connectivity index (χ0) is 12.0. The molecule has 1 aromatic rings. The summed E-state index contributed by atoms with van der Waals surface area (Å²) in [5, 5.41) is 0. The molecule has 0 aliphatic carbocycles. The first-order valence-electron chi connectivity index (χ1n) is 5.53. The second-order valence-corrected chi connectivity index (χ2v) is 3.54. The monoisotopic (exact) mass is 219 g/mol. The fraction of sp³-hybridized carbons (Fsp3) is 0.462. The van der Waals surface area contributed by atoms with Crippen LogP contribution >= 0.6 is 0 Å². The molecule has 1 rings (SSSR count). The number of terminal acetylenes is 1. The SMILES string of the molecule is C#CCN(CCC)C(=O)c1ccoc1CC. The topological polar surface area (TPSA) is 33.5 Å². The van der Waals surface area contributed by atoms with Gasteiger partial charge in [0.15, 0.2) is 0 Å². The van der Waals surface area contributed by atoms with Crippen LogP contribution < -0.4 is 0 Å². The van der Waals surface area contributed by atoms with Crippen molar-refractivity contribution in [3.63, 3.8) is 0 Å². The van der Waals surface area contributed by atoms with Crippen molar-refractivity contribution in [3.8, 4) is 12.3 Å². The van der Waals surface area contributed by atoms with E-state index in [2.05, 4.69) is 5.92 Å². The second kappa shape index (κ2) is 6.02. The standard InChI is InChI=1S/C13H17NO2/c1-4-8-14(9-5-2)13(15)11-7-10-16-12(11)6-3/h1,7,10H,5-6,8-9H2,2-3H3. The zero-order valence-corrected chi connectivity index (χ0v) is 9.82. The third-order valence-corrected chi connectivity index (χ3v) is 2.36. The van der Waals surface area contributed by atoms with Gasteiger partial charge in [-0.05, 0) is 12.5 Å². The van der Waals surface area contributed by atoms with Gasteiger partial charge in [0.25, 0.3) is 5.91 Å². The summed E-state index contributed by atoms with van der Waals surface area (Å²) in [6, 6.07) is 1.71. The number of carbonyl (C=O) groups excluding carboxylic acids is 1. The minimum atomic E-state index is -0.0367.